The van der Waals surface area contributed by atoms with E-state index in [9.17, 15) is 24.3 Å². The summed E-state index contributed by atoms with van der Waals surface area (Å²) in [5, 5.41) is 15.7. The molecule has 1 aromatic rings. The lowest BCUT2D eigenvalue weighted by molar-refractivity contribution is -0.142. The Morgan fingerprint density at radius 2 is 1.87 bits per heavy atom. The standard InChI is InChI=1S/C28H42N4O6/c1-6-16-32(26(36)21(13-15-23(29)34)31-27(37)38-28(3,4)5)24(19-12-14-22(33)18(2)17-19)25(35)30-20-10-8-7-9-11-20/h6,12,14,17,20-21,24,33H,1,7-11,13,15-16H2,2-5H3,(H2,29,34)(H,30,35)(H,31,37). The maximum atomic E-state index is 13.9. The number of nitrogens with zero attached hydrogens (tertiary/aromatic N) is 1. The molecule has 1 aromatic carbocycles. The van der Waals surface area contributed by atoms with Gasteiger partial charge in [0, 0.05) is 19.0 Å². The van der Waals surface area contributed by atoms with Gasteiger partial charge in [-0.1, -0.05) is 31.4 Å². The average molecular weight is 531 g/mol. The van der Waals surface area contributed by atoms with Gasteiger partial charge in [-0.3, -0.25) is 14.4 Å². The largest absolute Gasteiger partial charge is 0.508 e. The molecule has 1 fully saturated rings. The number of benzene rings is 1. The van der Waals surface area contributed by atoms with Crippen LogP contribution < -0.4 is 16.4 Å². The zero-order valence-electron chi connectivity index (χ0n) is 22.9. The zero-order valence-corrected chi connectivity index (χ0v) is 22.9. The Hall–Kier alpha value is -3.56. The average Bonchev–Trinajstić information content (AvgIpc) is 2.82. The number of carbonyl (C=O) groups is 4. The third-order valence-corrected chi connectivity index (χ3v) is 6.33. The minimum atomic E-state index is -1.18. The van der Waals surface area contributed by atoms with E-state index in [4.69, 9.17) is 10.5 Å². The first-order valence-electron chi connectivity index (χ1n) is 13.1. The number of primary amides is 1. The Kier molecular flexibility index (Phi) is 11.2. The number of aromatic hydroxyl groups is 1. The van der Waals surface area contributed by atoms with Crippen molar-refractivity contribution in [2.45, 2.75) is 96.4 Å². The van der Waals surface area contributed by atoms with E-state index in [0.717, 1.165) is 32.1 Å². The van der Waals surface area contributed by atoms with Gasteiger partial charge in [-0.05, 0) is 70.2 Å². The molecule has 1 aliphatic rings. The lowest BCUT2D eigenvalue weighted by atomic mass is 9.94. The number of phenols is 1. The Morgan fingerprint density at radius 1 is 1.21 bits per heavy atom. The monoisotopic (exact) mass is 530 g/mol. The van der Waals surface area contributed by atoms with Crippen molar-refractivity contribution in [3.05, 3.63) is 42.0 Å². The van der Waals surface area contributed by atoms with Gasteiger partial charge in [0.25, 0.3) is 0 Å². The Balaban J connectivity index is 2.47. The fraction of sp³-hybridized carbons (Fsp3) is 0.571. The zero-order chi connectivity index (χ0) is 28.5. The Morgan fingerprint density at radius 3 is 2.42 bits per heavy atom. The Bertz CT molecular complexity index is 1010. The maximum Gasteiger partial charge on any atom is 0.408 e. The van der Waals surface area contributed by atoms with Gasteiger partial charge in [-0.2, -0.15) is 0 Å². The second-order valence-electron chi connectivity index (χ2n) is 10.8. The van der Waals surface area contributed by atoms with Crippen LogP contribution in [-0.2, 0) is 19.1 Å². The van der Waals surface area contributed by atoms with E-state index in [1.54, 1.807) is 39.8 Å². The predicted octanol–water partition coefficient (Wildman–Crippen LogP) is 3.36. The van der Waals surface area contributed by atoms with E-state index in [0.29, 0.717) is 11.1 Å². The topological polar surface area (TPSA) is 151 Å². The van der Waals surface area contributed by atoms with Gasteiger partial charge in [0.2, 0.25) is 17.7 Å². The number of amides is 4. The minimum Gasteiger partial charge on any atom is -0.508 e. The van der Waals surface area contributed by atoms with Gasteiger partial charge < -0.3 is 31.1 Å². The third-order valence-electron chi connectivity index (χ3n) is 6.33. The van der Waals surface area contributed by atoms with E-state index in [1.807, 2.05) is 0 Å². The van der Waals surface area contributed by atoms with Gasteiger partial charge in [0.15, 0.2) is 0 Å². The molecule has 2 unspecified atom stereocenters. The summed E-state index contributed by atoms with van der Waals surface area (Å²) in [6, 6.07) is 2.47. The predicted molar refractivity (Wildman–Crippen MR) is 144 cm³/mol. The van der Waals surface area contributed by atoms with Crippen molar-refractivity contribution in [1.82, 2.24) is 15.5 Å². The van der Waals surface area contributed by atoms with Crippen LogP contribution in [0, 0.1) is 6.92 Å². The summed E-state index contributed by atoms with van der Waals surface area (Å²) in [7, 11) is 0. The molecule has 0 bridgehead atoms. The second-order valence-corrected chi connectivity index (χ2v) is 10.8. The SMILES string of the molecule is C=CCN(C(=O)C(CCC(N)=O)NC(=O)OC(C)(C)C)C(C(=O)NC1CCCCC1)c1ccc(O)c(C)c1. The summed E-state index contributed by atoms with van der Waals surface area (Å²) in [6.07, 6.45) is 5.27. The molecular formula is C28H42N4O6. The molecule has 2 rings (SSSR count). The minimum absolute atomic E-state index is 0.00934. The number of ether oxygens (including phenoxy) is 1. The molecule has 0 aromatic heterocycles. The van der Waals surface area contributed by atoms with Crippen LogP contribution in [0.15, 0.2) is 30.9 Å². The maximum absolute atomic E-state index is 13.9. The van der Waals surface area contributed by atoms with E-state index < -0.39 is 35.6 Å². The highest BCUT2D eigenvalue weighted by Crippen LogP contribution is 2.28. The number of alkyl carbamates (subject to hydrolysis) is 1. The number of hydrogen-bond acceptors (Lipinski definition) is 6. The number of nitrogens with two attached hydrogens (primary N) is 1. The lowest BCUT2D eigenvalue weighted by Gasteiger charge is -2.35. The molecule has 4 amide bonds. The van der Waals surface area contributed by atoms with Crippen LogP contribution in [0.25, 0.3) is 0 Å². The quantitative estimate of drug-likeness (QED) is 0.322. The van der Waals surface area contributed by atoms with Crippen LogP contribution in [0.5, 0.6) is 5.75 Å². The molecule has 5 N–H and O–H groups in total. The smallest absolute Gasteiger partial charge is 0.408 e. The summed E-state index contributed by atoms with van der Waals surface area (Å²) in [5.74, 6) is -1.54. The summed E-state index contributed by atoms with van der Waals surface area (Å²) >= 11 is 0. The van der Waals surface area contributed by atoms with Gasteiger partial charge in [-0.15, -0.1) is 6.58 Å². The van der Waals surface area contributed by atoms with Crippen molar-refractivity contribution >= 4 is 23.8 Å². The normalized spacial score (nSPS) is 15.6. The van der Waals surface area contributed by atoms with Gasteiger partial charge >= 0.3 is 6.09 Å². The van der Waals surface area contributed by atoms with Crippen LogP contribution in [0.3, 0.4) is 0 Å². The number of carbonyl (C=O) groups excluding carboxylic acids is 4. The summed E-state index contributed by atoms with van der Waals surface area (Å²) in [4.78, 5) is 53.1. The van der Waals surface area contributed by atoms with Crippen LogP contribution in [0.4, 0.5) is 4.79 Å². The molecular weight excluding hydrogens is 488 g/mol. The number of nitrogens with one attached hydrogen (secondary N) is 2. The number of aryl methyl sites for hydroxylation is 1. The Labute approximate surface area is 225 Å². The molecule has 0 radical (unpaired) electrons. The molecule has 10 heteroatoms. The molecule has 210 valence electrons. The number of phenolic OH excluding ortho intramolecular Hbond substituents is 1. The summed E-state index contributed by atoms with van der Waals surface area (Å²) < 4.78 is 5.32. The molecule has 0 spiro atoms. The van der Waals surface area contributed by atoms with Crippen LogP contribution in [-0.4, -0.2) is 58.1 Å². The molecule has 1 aliphatic carbocycles. The van der Waals surface area contributed by atoms with E-state index in [-0.39, 0.29) is 37.1 Å². The molecule has 0 aliphatic heterocycles. The van der Waals surface area contributed by atoms with E-state index >= 15 is 0 Å². The molecule has 2 atom stereocenters. The highest BCUT2D eigenvalue weighted by Gasteiger charge is 2.36. The highest BCUT2D eigenvalue weighted by molar-refractivity contribution is 5.92. The van der Waals surface area contributed by atoms with Crippen molar-refractivity contribution in [3.63, 3.8) is 0 Å². The molecule has 0 saturated heterocycles. The number of rotatable bonds is 11. The molecule has 10 nitrogen and oxygen atoms in total. The van der Waals surface area contributed by atoms with Gasteiger partial charge in [-0.25, -0.2) is 4.79 Å². The molecule has 0 heterocycles. The van der Waals surface area contributed by atoms with Crippen LogP contribution >= 0.6 is 0 Å². The van der Waals surface area contributed by atoms with Crippen molar-refractivity contribution in [2.24, 2.45) is 5.73 Å². The van der Waals surface area contributed by atoms with Crippen molar-refractivity contribution in [2.75, 3.05) is 6.54 Å². The van der Waals surface area contributed by atoms with Crippen molar-refractivity contribution in [3.8, 4) is 5.75 Å². The van der Waals surface area contributed by atoms with E-state index in [1.165, 1.54) is 17.0 Å². The van der Waals surface area contributed by atoms with E-state index in [2.05, 4.69) is 17.2 Å². The van der Waals surface area contributed by atoms with Gasteiger partial charge in [0.05, 0.1) is 0 Å². The van der Waals surface area contributed by atoms with Crippen LogP contribution in [0.2, 0.25) is 0 Å². The first kappa shape index (κ1) is 30.7. The molecule has 1 saturated carbocycles. The second kappa shape index (κ2) is 13.8. The van der Waals surface area contributed by atoms with Crippen LogP contribution in [0.1, 0.15) is 82.9 Å². The fourth-order valence-corrected chi connectivity index (χ4v) is 4.50. The highest BCUT2D eigenvalue weighted by atomic mass is 16.6. The first-order valence-corrected chi connectivity index (χ1v) is 13.1. The first-order chi connectivity index (χ1) is 17.8. The van der Waals surface area contributed by atoms with Crippen molar-refractivity contribution < 1.29 is 29.0 Å². The summed E-state index contributed by atoms with van der Waals surface area (Å²) in [5.41, 5.74) is 5.56. The third kappa shape index (κ3) is 9.39. The lowest BCUT2D eigenvalue weighted by Crippen LogP contribution is -2.54. The number of hydrogen-bond donors (Lipinski definition) is 4. The van der Waals surface area contributed by atoms with Crippen molar-refractivity contribution in [1.29, 1.82) is 0 Å². The fourth-order valence-electron chi connectivity index (χ4n) is 4.50. The van der Waals surface area contributed by atoms with Gasteiger partial charge in [0.1, 0.15) is 23.4 Å². The molecule has 38 heavy (non-hydrogen) atoms. The summed E-state index contributed by atoms with van der Waals surface area (Å²) in [6.45, 7) is 10.5.